The Hall–Kier alpha value is -1.84. The molecule has 0 bridgehead atoms. The highest BCUT2D eigenvalue weighted by molar-refractivity contribution is 5.99. The first-order chi connectivity index (χ1) is 9.63. The Balaban J connectivity index is 2.04. The fraction of sp³-hybridized carbons (Fsp3) is 0.500. The van der Waals surface area contributed by atoms with Crippen LogP contribution in [-0.2, 0) is 22.4 Å². The molecular weight excluding hydrogens is 252 g/mol. The standard InChI is InChI=1S/C16H22N2O2/c1-3-7-18(8-4-2)16(20)10-12-5-6-14-13(9-12)11-15(19)17-14/h5-6,9H,3-4,7-8,10-11H2,1-2H3,(H,17,19). The van der Waals surface area contributed by atoms with Crippen LogP contribution >= 0.6 is 0 Å². The van der Waals surface area contributed by atoms with Crippen molar-refractivity contribution in [1.82, 2.24) is 4.90 Å². The lowest BCUT2D eigenvalue weighted by atomic mass is 10.1. The maximum absolute atomic E-state index is 12.3. The molecule has 0 spiro atoms. The number of fused-ring (bicyclic) bond motifs is 1. The van der Waals surface area contributed by atoms with Crippen molar-refractivity contribution in [3.8, 4) is 0 Å². The van der Waals surface area contributed by atoms with Crippen molar-refractivity contribution in [3.63, 3.8) is 0 Å². The van der Waals surface area contributed by atoms with E-state index in [4.69, 9.17) is 0 Å². The van der Waals surface area contributed by atoms with Gasteiger partial charge in [0.05, 0.1) is 12.8 Å². The highest BCUT2D eigenvalue weighted by atomic mass is 16.2. The molecule has 0 saturated heterocycles. The Morgan fingerprint density at radius 3 is 2.60 bits per heavy atom. The molecule has 2 rings (SSSR count). The highest BCUT2D eigenvalue weighted by Crippen LogP contribution is 2.24. The van der Waals surface area contributed by atoms with E-state index in [-0.39, 0.29) is 11.8 Å². The molecule has 1 aliphatic rings. The lowest BCUT2D eigenvalue weighted by Crippen LogP contribution is -2.33. The summed E-state index contributed by atoms with van der Waals surface area (Å²) in [6, 6.07) is 5.80. The van der Waals surface area contributed by atoms with Crippen LogP contribution in [0.3, 0.4) is 0 Å². The van der Waals surface area contributed by atoms with E-state index >= 15 is 0 Å². The molecule has 108 valence electrons. The van der Waals surface area contributed by atoms with Gasteiger partial charge in [0.25, 0.3) is 0 Å². The molecule has 1 aromatic carbocycles. The van der Waals surface area contributed by atoms with E-state index in [2.05, 4.69) is 19.2 Å². The Labute approximate surface area is 120 Å². The van der Waals surface area contributed by atoms with Gasteiger partial charge in [0.1, 0.15) is 0 Å². The largest absolute Gasteiger partial charge is 0.342 e. The number of nitrogens with one attached hydrogen (secondary N) is 1. The number of benzene rings is 1. The van der Waals surface area contributed by atoms with Crippen LogP contribution in [0, 0.1) is 0 Å². The normalized spacial score (nSPS) is 13.0. The van der Waals surface area contributed by atoms with E-state index in [0.29, 0.717) is 12.8 Å². The molecule has 0 unspecified atom stereocenters. The van der Waals surface area contributed by atoms with Gasteiger partial charge in [-0.1, -0.05) is 26.0 Å². The summed E-state index contributed by atoms with van der Waals surface area (Å²) >= 11 is 0. The number of amides is 2. The van der Waals surface area contributed by atoms with Crippen LogP contribution in [0.15, 0.2) is 18.2 Å². The summed E-state index contributed by atoms with van der Waals surface area (Å²) in [6.45, 7) is 5.81. The van der Waals surface area contributed by atoms with Crippen LogP contribution in [0.1, 0.15) is 37.8 Å². The number of carbonyl (C=O) groups is 2. The number of nitrogens with zero attached hydrogens (tertiary/aromatic N) is 1. The monoisotopic (exact) mass is 274 g/mol. The molecule has 4 nitrogen and oxygen atoms in total. The molecule has 1 aliphatic heterocycles. The molecule has 0 radical (unpaired) electrons. The summed E-state index contributed by atoms with van der Waals surface area (Å²) in [6.07, 6.45) is 2.80. The fourth-order valence-electron chi connectivity index (χ4n) is 2.58. The van der Waals surface area contributed by atoms with Crippen LogP contribution in [0.4, 0.5) is 5.69 Å². The number of hydrogen-bond acceptors (Lipinski definition) is 2. The van der Waals surface area contributed by atoms with Crippen LogP contribution in [0.5, 0.6) is 0 Å². The van der Waals surface area contributed by atoms with Gasteiger partial charge >= 0.3 is 0 Å². The van der Waals surface area contributed by atoms with E-state index in [1.807, 2.05) is 23.1 Å². The van der Waals surface area contributed by atoms with Gasteiger partial charge in [0, 0.05) is 18.8 Å². The first-order valence-corrected chi connectivity index (χ1v) is 7.33. The first kappa shape index (κ1) is 14.6. The second-order valence-corrected chi connectivity index (χ2v) is 5.27. The van der Waals surface area contributed by atoms with Crippen molar-refractivity contribution in [1.29, 1.82) is 0 Å². The van der Waals surface area contributed by atoms with Gasteiger partial charge in [-0.25, -0.2) is 0 Å². The van der Waals surface area contributed by atoms with Crippen LogP contribution in [0.25, 0.3) is 0 Å². The van der Waals surface area contributed by atoms with E-state index < -0.39 is 0 Å². The molecule has 4 heteroatoms. The minimum Gasteiger partial charge on any atom is -0.342 e. The van der Waals surface area contributed by atoms with Gasteiger partial charge in [0.15, 0.2) is 0 Å². The molecule has 0 aromatic heterocycles. The highest BCUT2D eigenvalue weighted by Gasteiger charge is 2.19. The third kappa shape index (κ3) is 3.38. The van der Waals surface area contributed by atoms with Gasteiger partial charge in [-0.2, -0.15) is 0 Å². The van der Waals surface area contributed by atoms with Gasteiger partial charge in [-0.05, 0) is 30.0 Å². The molecule has 0 fully saturated rings. The maximum Gasteiger partial charge on any atom is 0.228 e. The Kier molecular flexibility index (Phi) is 4.77. The van der Waals surface area contributed by atoms with Crippen LogP contribution < -0.4 is 5.32 Å². The molecule has 0 saturated carbocycles. The zero-order valence-electron chi connectivity index (χ0n) is 12.2. The zero-order valence-corrected chi connectivity index (χ0v) is 12.2. The molecule has 1 N–H and O–H groups in total. The number of anilines is 1. The molecular formula is C16H22N2O2. The third-order valence-electron chi connectivity index (χ3n) is 3.49. The van der Waals surface area contributed by atoms with Crippen LogP contribution in [0.2, 0.25) is 0 Å². The second kappa shape index (κ2) is 6.55. The summed E-state index contributed by atoms with van der Waals surface area (Å²) in [7, 11) is 0. The van der Waals surface area contributed by atoms with Crippen molar-refractivity contribution in [2.75, 3.05) is 18.4 Å². The Morgan fingerprint density at radius 1 is 1.25 bits per heavy atom. The summed E-state index contributed by atoms with van der Waals surface area (Å²) in [4.78, 5) is 25.6. The second-order valence-electron chi connectivity index (χ2n) is 5.27. The van der Waals surface area contributed by atoms with Crippen molar-refractivity contribution in [2.45, 2.75) is 39.5 Å². The summed E-state index contributed by atoms with van der Waals surface area (Å²) < 4.78 is 0. The SMILES string of the molecule is CCCN(CCC)C(=O)Cc1ccc2c(c1)CC(=O)N2. The fourth-order valence-corrected chi connectivity index (χ4v) is 2.58. The van der Waals surface area contributed by atoms with Crippen molar-refractivity contribution in [3.05, 3.63) is 29.3 Å². The average Bonchev–Trinajstić information content (AvgIpc) is 2.77. The summed E-state index contributed by atoms with van der Waals surface area (Å²) in [5.41, 5.74) is 2.87. The average molecular weight is 274 g/mol. The number of hydrogen-bond donors (Lipinski definition) is 1. The lowest BCUT2D eigenvalue weighted by molar-refractivity contribution is -0.130. The first-order valence-electron chi connectivity index (χ1n) is 7.33. The van der Waals surface area contributed by atoms with Crippen molar-refractivity contribution >= 4 is 17.5 Å². The maximum atomic E-state index is 12.3. The topological polar surface area (TPSA) is 49.4 Å². The molecule has 0 atom stereocenters. The number of rotatable bonds is 6. The van der Waals surface area contributed by atoms with Crippen LogP contribution in [-0.4, -0.2) is 29.8 Å². The Bertz CT molecular complexity index is 505. The quantitative estimate of drug-likeness (QED) is 0.865. The third-order valence-corrected chi connectivity index (χ3v) is 3.49. The zero-order chi connectivity index (χ0) is 14.5. The van der Waals surface area contributed by atoms with Gasteiger partial charge < -0.3 is 10.2 Å². The predicted octanol–water partition coefficient (Wildman–Crippen LogP) is 2.37. The molecule has 2 amide bonds. The minimum atomic E-state index is 0.0297. The molecule has 1 aromatic rings. The summed E-state index contributed by atoms with van der Waals surface area (Å²) in [5.74, 6) is 0.202. The molecule has 1 heterocycles. The number of carbonyl (C=O) groups excluding carboxylic acids is 2. The summed E-state index contributed by atoms with van der Waals surface area (Å²) in [5, 5.41) is 2.81. The van der Waals surface area contributed by atoms with E-state index in [9.17, 15) is 9.59 Å². The van der Waals surface area contributed by atoms with Crippen molar-refractivity contribution < 1.29 is 9.59 Å². The lowest BCUT2D eigenvalue weighted by Gasteiger charge is -2.21. The molecule has 0 aliphatic carbocycles. The van der Waals surface area contributed by atoms with Crippen molar-refractivity contribution in [2.24, 2.45) is 0 Å². The Morgan fingerprint density at radius 2 is 1.95 bits per heavy atom. The predicted molar refractivity (Wildman–Crippen MR) is 79.6 cm³/mol. The van der Waals surface area contributed by atoms with Gasteiger partial charge in [-0.15, -0.1) is 0 Å². The van der Waals surface area contributed by atoms with E-state index in [1.165, 1.54) is 0 Å². The van der Waals surface area contributed by atoms with Gasteiger partial charge in [-0.3, -0.25) is 9.59 Å². The smallest absolute Gasteiger partial charge is 0.228 e. The molecule has 20 heavy (non-hydrogen) atoms. The van der Waals surface area contributed by atoms with Gasteiger partial charge in [0.2, 0.25) is 11.8 Å². The minimum absolute atomic E-state index is 0.0297. The van der Waals surface area contributed by atoms with E-state index in [0.717, 1.165) is 42.7 Å². The van der Waals surface area contributed by atoms with E-state index in [1.54, 1.807) is 0 Å².